The number of sulfone groups is 1. The maximum atomic E-state index is 13.2. The van der Waals surface area contributed by atoms with Crippen molar-refractivity contribution in [2.24, 2.45) is 0 Å². The summed E-state index contributed by atoms with van der Waals surface area (Å²) in [5.41, 5.74) is 0. The van der Waals surface area contributed by atoms with Crippen molar-refractivity contribution >= 4 is 21.7 Å². The Labute approximate surface area is 163 Å². The molecule has 2 aromatic rings. The summed E-state index contributed by atoms with van der Waals surface area (Å²) in [7, 11) is -3.98. The predicted octanol–water partition coefficient (Wildman–Crippen LogP) is 1.43. The van der Waals surface area contributed by atoms with Gasteiger partial charge >= 0.3 is 0 Å². The standard InChI is InChI=1S/C20H20N2O5S/c1-2-13-20(28(25,26)16-11-7-4-8-12-16)18(19(24)22-20)21-17(23)14-27-15-9-5-3-6-10-15/h2-12,18H,1,13-14H2,(H,21,23)(H,22,24)/t18-,20-/m1/s1. The molecule has 0 radical (unpaired) electrons. The fraction of sp³-hybridized carbons (Fsp3) is 0.200. The molecular weight excluding hydrogens is 380 g/mol. The molecule has 2 aromatic carbocycles. The smallest absolute Gasteiger partial charge is 0.258 e. The lowest BCUT2D eigenvalue weighted by molar-refractivity contribution is -0.138. The lowest BCUT2D eigenvalue weighted by atomic mass is 9.94. The Morgan fingerprint density at radius 2 is 1.75 bits per heavy atom. The van der Waals surface area contributed by atoms with Gasteiger partial charge in [-0.15, -0.1) is 6.58 Å². The van der Waals surface area contributed by atoms with Gasteiger partial charge in [-0.25, -0.2) is 8.42 Å². The van der Waals surface area contributed by atoms with E-state index in [2.05, 4.69) is 17.2 Å². The van der Waals surface area contributed by atoms with Gasteiger partial charge in [-0.2, -0.15) is 0 Å². The highest BCUT2D eigenvalue weighted by Gasteiger charge is 2.62. The predicted molar refractivity (Wildman–Crippen MR) is 103 cm³/mol. The minimum Gasteiger partial charge on any atom is -0.484 e. The highest BCUT2D eigenvalue weighted by atomic mass is 32.2. The van der Waals surface area contributed by atoms with Crippen molar-refractivity contribution in [1.82, 2.24) is 10.6 Å². The number of hydrogen-bond acceptors (Lipinski definition) is 5. The molecule has 1 aliphatic rings. The van der Waals surface area contributed by atoms with Crippen molar-refractivity contribution in [3.05, 3.63) is 73.3 Å². The summed E-state index contributed by atoms with van der Waals surface area (Å²) in [6, 6.07) is 15.2. The third-order valence-electron chi connectivity index (χ3n) is 4.46. The van der Waals surface area contributed by atoms with Gasteiger partial charge in [-0.3, -0.25) is 9.59 Å². The Kier molecular flexibility index (Phi) is 5.51. The zero-order valence-electron chi connectivity index (χ0n) is 15.0. The van der Waals surface area contributed by atoms with Crippen LogP contribution in [0.2, 0.25) is 0 Å². The summed E-state index contributed by atoms with van der Waals surface area (Å²) in [4.78, 5) is 22.8. The third-order valence-corrected chi connectivity index (χ3v) is 6.82. The highest BCUT2D eigenvalue weighted by molar-refractivity contribution is 7.93. The van der Waals surface area contributed by atoms with Crippen LogP contribution in [0.3, 0.4) is 0 Å². The number of amides is 2. The maximum absolute atomic E-state index is 13.2. The number of hydrogen-bond donors (Lipinski definition) is 2. The SMILES string of the molecule is C=CC[C@]1(S(=O)(=O)c2ccccc2)NC(=O)[C@H]1NC(=O)COc1ccccc1. The molecule has 0 aromatic heterocycles. The average molecular weight is 400 g/mol. The average Bonchev–Trinajstić information content (AvgIpc) is 2.71. The molecule has 0 bridgehead atoms. The molecule has 2 amide bonds. The molecule has 1 heterocycles. The van der Waals surface area contributed by atoms with Crippen LogP contribution in [0.1, 0.15) is 6.42 Å². The van der Waals surface area contributed by atoms with Gasteiger partial charge in [0.05, 0.1) is 4.90 Å². The minimum atomic E-state index is -3.98. The van der Waals surface area contributed by atoms with Crippen LogP contribution in [-0.2, 0) is 19.4 Å². The van der Waals surface area contributed by atoms with Crippen LogP contribution in [-0.4, -0.2) is 37.8 Å². The minimum absolute atomic E-state index is 0.0524. The molecule has 2 N–H and O–H groups in total. The van der Waals surface area contributed by atoms with Crippen LogP contribution >= 0.6 is 0 Å². The van der Waals surface area contributed by atoms with Gasteiger partial charge in [0.2, 0.25) is 15.7 Å². The first-order chi connectivity index (χ1) is 13.4. The molecule has 1 saturated heterocycles. The largest absolute Gasteiger partial charge is 0.484 e. The number of ether oxygens (including phenoxy) is 1. The monoisotopic (exact) mass is 400 g/mol. The van der Waals surface area contributed by atoms with Gasteiger partial charge in [0, 0.05) is 6.42 Å². The Morgan fingerprint density at radius 3 is 2.32 bits per heavy atom. The molecule has 146 valence electrons. The molecule has 0 aliphatic carbocycles. The second-order valence-electron chi connectivity index (χ2n) is 6.29. The van der Waals surface area contributed by atoms with Gasteiger partial charge < -0.3 is 15.4 Å². The van der Waals surface area contributed by atoms with Crippen LogP contribution in [0.25, 0.3) is 0 Å². The van der Waals surface area contributed by atoms with Crippen LogP contribution < -0.4 is 15.4 Å². The van der Waals surface area contributed by atoms with Crippen molar-refractivity contribution < 1.29 is 22.7 Å². The first-order valence-corrected chi connectivity index (χ1v) is 10.1. The maximum Gasteiger partial charge on any atom is 0.258 e. The molecule has 28 heavy (non-hydrogen) atoms. The van der Waals surface area contributed by atoms with Crippen molar-refractivity contribution in [1.29, 1.82) is 0 Å². The van der Waals surface area contributed by atoms with E-state index in [1.807, 2.05) is 6.07 Å². The molecular formula is C20H20N2O5S. The van der Waals surface area contributed by atoms with E-state index >= 15 is 0 Å². The molecule has 0 unspecified atom stereocenters. The Morgan fingerprint density at radius 1 is 1.14 bits per heavy atom. The molecule has 1 fully saturated rings. The highest BCUT2D eigenvalue weighted by Crippen LogP contribution is 2.36. The second-order valence-corrected chi connectivity index (χ2v) is 8.50. The first kappa shape index (κ1) is 19.6. The van der Waals surface area contributed by atoms with Gasteiger partial charge in [0.15, 0.2) is 11.5 Å². The first-order valence-electron chi connectivity index (χ1n) is 8.60. The number of carbonyl (C=O) groups is 2. The van der Waals surface area contributed by atoms with Crippen molar-refractivity contribution in [2.75, 3.05) is 6.61 Å². The van der Waals surface area contributed by atoms with Gasteiger partial charge in [-0.05, 0) is 24.3 Å². The summed E-state index contributed by atoms with van der Waals surface area (Å²) in [6.45, 7) is 3.25. The third kappa shape index (κ3) is 3.50. The zero-order chi connectivity index (χ0) is 20.2. The van der Waals surface area contributed by atoms with Crippen molar-refractivity contribution in [3.63, 3.8) is 0 Å². The molecule has 0 saturated carbocycles. The Hall–Kier alpha value is -3.13. The van der Waals surface area contributed by atoms with Crippen molar-refractivity contribution in [3.8, 4) is 5.75 Å². The number of benzene rings is 2. The zero-order valence-corrected chi connectivity index (χ0v) is 15.8. The molecule has 1 aliphatic heterocycles. The van der Waals surface area contributed by atoms with E-state index < -0.39 is 32.6 Å². The van der Waals surface area contributed by atoms with E-state index in [4.69, 9.17) is 4.74 Å². The van der Waals surface area contributed by atoms with E-state index in [-0.39, 0.29) is 17.9 Å². The normalized spacial score (nSPS) is 21.1. The van der Waals surface area contributed by atoms with E-state index in [0.29, 0.717) is 5.75 Å². The second kappa shape index (κ2) is 7.85. The topological polar surface area (TPSA) is 102 Å². The summed E-state index contributed by atoms with van der Waals surface area (Å²) in [5, 5.41) is 4.96. The summed E-state index contributed by atoms with van der Waals surface area (Å²) in [5.74, 6) is -0.681. The van der Waals surface area contributed by atoms with Crippen LogP contribution in [0.5, 0.6) is 5.75 Å². The van der Waals surface area contributed by atoms with Gasteiger partial charge in [0.25, 0.3) is 5.91 Å². The molecule has 0 spiro atoms. The quantitative estimate of drug-likeness (QED) is 0.516. The lowest BCUT2D eigenvalue weighted by Crippen LogP contribution is -2.80. The summed E-state index contributed by atoms with van der Waals surface area (Å²) < 4.78 is 31.8. The number of carbonyl (C=O) groups excluding carboxylic acids is 2. The van der Waals surface area contributed by atoms with E-state index in [0.717, 1.165) is 0 Å². The van der Waals surface area contributed by atoms with E-state index in [9.17, 15) is 18.0 Å². The molecule has 8 heteroatoms. The summed E-state index contributed by atoms with van der Waals surface area (Å²) in [6.07, 6.45) is 1.35. The van der Waals surface area contributed by atoms with Crippen LogP contribution in [0, 0.1) is 0 Å². The molecule has 7 nitrogen and oxygen atoms in total. The Bertz CT molecular complexity index is 972. The van der Waals surface area contributed by atoms with Gasteiger partial charge in [0.1, 0.15) is 11.8 Å². The van der Waals surface area contributed by atoms with Crippen LogP contribution in [0.15, 0.2) is 78.2 Å². The van der Waals surface area contributed by atoms with E-state index in [1.54, 1.807) is 42.5 Å². The number of para-hydroxylation sites is 1. The fourth-order valence-corrected chi connectivity index (χ4v) is 5.05. The molecule has 3 rings (SSSR count). The van der Waals surface area contributed by atoms with E-state index in [1.165, 1.54) is 18.2 Å². The van der Waals surface area contributed by atoms with Crippen molar-refractivity contribution in [2.45, 2.75) is 22.2 Å². The Balaban J connectivity index is 1.79. The number of nitrogens with one attached hydrogen (secondary N) is 2. The lowest BCUT2D eigenvalue weighted by Gasteiger charge is -2.47. The fourth-order valence-electron chi connectivity index (χ4n) is 3.06. The number of rotatable bonds is 8. The summed E-state index contributed by atoms with van der Waals surface area (Å²) >= 11 is 0. The van der Waals surface area contributed by atoms with Crippen LogP contribution in [0.4, 0.5) is 0 Å². The van der Waals surface area contributed by atoms with Gasteiger partial charge in [-0.1, -0.05) is 42.5 Å². The number of β-lactam (4-membered cyclic amide) rings is 1. The molecule has 2 atom stereocenters.